The third kappa shape index (κ3) is 2.38. The number of likely N-dealkylation sites (tertiary alicyclic amines) is 1. The van der Waals surface area contributed by atoms with Crippen molar-refractivity contribution in [2.75, 3.05) is 19.7 Å². The number of hydrogen-bond donors (Lipinski definition) is 1. The second-order valence-corrected chi connectivity index (χ2v) is 4.98. The molecule has 0 spiro atoms. The smallest absolute Gasteiger partial charge is 0.0644 e. The molecule has 1 aliphatic rings. The van der Waals surface area contributed by atoms with Gasteiger partial charge in [-0.05, 0) is 46.2 Å². The van der Waals surface area contributed by atoms with E-state index >= 15 is 0 Å². The van der Waals surface area contributed by atoms with Crippen LogP contribution in [-0.2, 0) is 7.05 Å². The van der Waals surface area contributed by atoms with Gasteiger partial charge in [0.15, 0.2) is 0 Å². The van der Waals surface area contributed by atoms with Crippen LogP contribution in [0.2, 0.25) is 0 Å². The summed E-state index contributed by atoms with van der Waals surface area (Å²) in [5.41, 5.74) is 3.66. The first-order valence-electron chi connectivity index (χ1n) is 6.50. The number of aromatic nitrogens is 2. The van der Waals surface area contributed by atoms with Crippen molar-refractivity contribution in [1.29, 1.82) is 0 Å². The molecular formula is C13H23N3O. The van der Waals surface area contributed by atoms with E-state index in [1.165, 1.54) is 24.1 Å². The highest BCUT2D eigenvalue weighted by Crippen LogP contribution is 2.31. The molecule has 0 aliphatic carbocycles. The predicted octanol–water partition coefficient (Wildman–Crippen LogP) is 1.56. The maximum absolute atomic E-state index is 9.29. The van der Waals surface area contributed by atoms with Gasteiger partial charge in [-0.3, -0.25) is 9.58 Å². The normalized spacial score (nSPS) is 18.8. The average molecular weight is 237 g/mol. The van der Waals surface area contributed by atoms with E-state index < -0.39 is 0 Å². The van der Waals surface area contributed by atoms with E-state index in [0.29, 0.717) is 6.04 Å². The summed E-state index contributed by atoms with van der Waals surface area (Å²) in [5.74, 6) is 0. The van der Waals surface area contributed by atoms with E-state index in [1.807, 2.05) is 11.7 Å². The van der Waals surface area contributed by atoms with Gasteiger partial charge in [-0.1, -0.05) is 0 Å². The minimum absolute atomic E-state index is 0.245. The van der Waals surface area contributed by atoms with E-state index in [1.54, 1.807) is 0 Å². The van der Waals surface area contributed by atoms with E-state index in [9.17, 15) is 5.11 Å². The molecule has 0 saturated carbocycles. The molecule has 1 saturated heterocycles. The summed E-state index contributed by atoms with van der Waals surface area (Å²) < 4.78 is 1.95. The van der Waals surface area contributed by atoms with Crippen molar-refractivity contribution >= 4 is 0 Å². The zero-order valence-electron chi connectivity index (χ0n) is 11.1. The highest BCUT2D eigenvalue weighted by atomic mass is 16.3. The molecule has 2 rings (SSSR count). The molecule has 1 atom stereocenters. The fourth-order valence-electron chi connectivity index (χ4n) is 2.96. The van der Waals surface area contributed by atoms with Crippen LogP contribution in [0.4, 0.5) is 0 Å². The van der Waals surface area contributed by atoms with E-state index in [2.05, 4.69) is 23.8 Å². The van der Waals surface area contributed by atoms with Crippen molar-refractivity contribution in [3.05, 3.63) is 17.0 Å². The minimum atomic E-state index is 0.245. The van der Waals surface area contributed by atoms with E-state index in [4.69, 9.17) is 0 Å². The quantitative estimate of drug-likeness (QED) is 0.864. The van der Waals surface area contributed by atoms with Crippen LogP contribution >= 0.6 is 0 Å². The first-order valence-corrected chi connectivity index (χ1v) is 6.50. The summed E-state index contributed by atoms with van der Waals surface area (Å²) in [6.07, 6.45) is 3.37. The van der Waals surface area contributed by atoms with Gasteiger partial charge in [0.25, 0.3) is 0 Å². The molecule has 1 aromatic heterocycles. The van der Waals surface area contributed by atoms with Crippen LogP contribution in [0.25, 0.3) is 0 Å². The van der Waals surface area contributed by atoms with Gasteiger partial charge in [0.1, 0.15) is 0 Å². The van der Waals surface area contributed by atoms with Gasteiger partial charge in [0.05, 0.1) is 5.69 Å². The van der Waals surface area contributed by atoms with Crippen molar-refractivity contribution in [1.82, 2.24) is 14.7 Å². The molecule has 1 unspecified atom stereocenters. The maximum Gasteiger partial charge on any atom is 0.0644 e. The first-order chi connectivity index (χ1) is 8.15. The Morgan fingerprint density at radius 2 is 1.94 bits per heavy atom. The Labute approximate surface area is 103 Å². The summed E-state index contributed by atoms with van der Waals surface area (Å²) >= 11 is 0. The van der Waals surface area contributed by atoms with Crippen molar-refractivity contribution in [3.8, 4) is 0 Å². The second-order valence-electron chi connectivity index (χ2n) is 4.98. The summed E-state index contributed by atoms with van der Waals surface area (Å²) in [6.45, 7) is 6.74. The van der Waals surface area contributed by atoms with Crippen LogP contribution in [0, 0.1) is 13.8 Å². The van der Waals surface area contributed by atoms with Gasteiger partial charge in [-0.25, -0.2) is 0 Å². The van der Waals surface area contributed by atoms with E-state index in [-0.39, 0.29) is 6.61 Å². The molecule has 96 valence electrons. The summed E-state index contributed by atoms with van der Waals surface area (Å²) in [4.78, 5) is 2.49. The van der Waals surface area contributed by atoms with Crippen molar-refractivity contribution in [2.24, 2.45) is 7.05 Å². The number of nitrogens with zero attached hydrogens (tertiary/aromatic N) is 3. The lowest BCUT2D eigenvalue weighted by Crippen LogP contribution is -2.27. The van der Waals surface area contributed by atoms with E-state index in [0.717, 1.165) is 25.2 Å². The molecule has 17 heavy (non-hydrogen) atoms. The molecule has 1 aromatic rings. The topological polar surface area (TPSA) is 41.3 Å². The van der Waals surface area contributed by atoms with Gasteiger partial charge in [0.2, 0.25) is 0 Å². The molecule has 1 aliphatic heterocycles. The molecule has 1 fully saturated rings. The van der Waals surface area contributed by atoms with Gasteiger partial charge >= 0.3 is 0 Å². The van der Waals surface area contributed by atoms with Crippen molar-refractivity contribution in [3.63, 3.8) is 0 Å². The van der Waals surface area contributed by atoms with Crippen molar-refractivity contribution in [2.45, 2.75) is 39.2 Å². The Kier molecular flexibility index (Phi) is 3.84. The molecular weight excluding hydrogens is 214 g/mol. The average Bonchev–Trinajstić information content (AvgIpc) is 2.88. The zero-order chi connectivity index (χ0) is 12.4. The summed E-state index contributed by atoms with van der Waals surface area (Å²) in [7, 11) is 1.99. The van der Waals surface area contributed by atoms with Crippen molar-refractivity contribution < 1.29 is 5.11 Å². The van der Waals surface area contributed by atoms with Crippen LogP contribution in [0.5, 0.6) is 0 Å². The molecule has 0 radical (unpaired) electrons. The summed E-state index contributed by atoms with van der Waals surface area (Å²) in [5, 5.41) is 13.8. The Balaban J connectivity index is 2.30. The van der Waals surface area contributed by atoms with Crippen LogP contribution in [0.15, 0.2) is 0 Å². The predicted molar refractivity (Wildman–Crippen MR) is 67.9 cm³/mol. The highest BCUT2D eigenvalue weighted by Gasteiger charge is 2.27. The highest BCUT2D eigenvalue weighted by molar-refractivity contribution is 5.28. The fourth-order valence-corrected chi connectivity index (χ4v) is 2.96. The molecule has 2 heterocycles. The first kappa shape index (κ1) is 12.6. The van der Waals surface area contributed by atoms with Gasteiger partial charge in [-0.15, -0.1) is 0 Å². The lowest BCUT2D eigenvalue weighted by molar-refractivity contribution is 0.184. The van der Waals surface area contributed by atoms with Crippen LogP contribution in [0.1, 0.15) is 42.3 Å². The number of aliphatic hydroxyl groups is 1. The van der Waals surface area contributed by atoms with Gasteiger partial charge in [0, 0.05) is 31.0 Å². The third-order valence-corrected chi connectivity index (χ3v) is 3.88. The molecule has 4 nitrogen and oxygen atoms in total. The second kappa shape index (κ2) is 5.19. The van der Waals surface area contributed by atoms with Gasteiger partial charge < -0.3 is 5.11 Å². The lowest BCUT2D eigenvalue weighted by Gasteiger charge is -2.27. The fraction of sp³-hybridized carbons (Fsp3) is 0.769. The Hall–Kier alpha value is -0.870. The molecule has 1 N–H and O–H groups in total. The monoisotopic (exact) mass is 237 g/mol. The molecule has 0 bridgehead atoms. The third-order valence-electron chi connectivity index (χ3n) is 3.88. The summed E-state index contributed by atoms with van der Waals surface area (Å²) in [6, 6.07) is 0.344. The number of aryl methyl sites for hydroxylation is 2. The maximum atomic E-state index is 9.29. The van der Waals surface area contributed by atoms with Gasteiger partial charge in [-0.2, -0.15) is 5.10 Å². The van der Waals surface area contributed by atoms with Crippen LogP contribution < -0.4 is 0 Å². The van der Waals surface area contributed by atoms with Crippen LogP contribution in [-0.4, -0.2) is 39.5 Å². The lowest BCUT2D eigenvalue weighted by atomic mass is 10.0. The Morgan fingerprint density at radius 3 is 2.41 bits per heavy atom. The SMILES string of the molecule is Cc1nn(C)c(C)c1C(CCO)N1CCCC1. The largest absolute Gasteiger partial charge is 0.396 e. The molecule has 0 amide bonds. The Morgan fingerprint density at radius 1 is 1.29 bits per heavy atom. The molecule has 0 aromatic carbocycles. The standard InChI is InChI=1S/C13H23N3O/c1-10-13(11(2)15(3)14-10)12(6-9-17)16-7-4-5-8-16/h12,17H,4-9H2,1-3H3. The molecule has 4 heteroatoms. The zero-order valence-corrected chi connectivity index (χ0v) is 11.1. The van der Waals surface area contributed by atoms with Crippen LogP contribution in [0.3, 0.4) is 0 Å². The number of rotatable bonds is 4. The minimum Gasteiger partial charge on any atom is -0.396 e. The number of hydrogen-bond acceptors (Lipinski definition) is 3. The number of aliphatic hydroxyl groups excluding tert-OH is 1. The Bertz CT molecular complexity index is 380.